The first-order valence-corrected chi connectivity index (χ1v) is 6.38. The van der Waals surface area contributed by atoms with Gasteiger partial charge in [-0.05, 0) is 31.5 Å². The summed E-state index contributed by atoms with van der Waals surface area (Å²) in [5, 5.41) is 9.45. The highest BCUT2D eigenvalue weighted by atomic mass is 16.1. The van der Waals surface area contributed by atoms with E-state index < -0.39 is 0 Å². The number of nitrogens with zero attached hydrogens (tertiary/aromatic N) is 2. The Morgan fingerprint density at radius 1 is 1.35 bits per heavy atom. The van der Waals surface area contributed by atoms with Crippen molar-refractivity contribution in [2.24, 2.45) is 0 Å². The summed E-state index contributed by atoms with van der Waals surface area (Å²) >= 11 is 0. The molecule has 0 spiro atoms. The molecule has 1 aromatic carbocycles. The fourth-order valence-corrected chi connectivity index (χ4v) is 2.10. The largest absolute Gasteiger partial charge is 0.343 e. The summed E-state index contributed by atoms with van der Waals surface area (Å²) in [6.45, 7) is 4.21. The van der Waals surface area contributed by atoms with Crippen LogP contribution in [-0.4, -0.2) is 26.1 Å². The lowest BCUT2D eigenvalue weighted by Gasteiger charge is -1.99. The third kappa shape index (κ3) is 2.27. The van der Waals surface area contributed by atoms with E-state index in [9.17, 15) is 4.79 Å². The summed E-state index contributed by atoms with van der Waals surface area (Å²) in [4.78, 5) is 19.6. The van der Waals surface area contributed by atoms with Crippen molar-refractivity contribution in [1.29, 1.82) is 0 Å². The summed E-state index contributed by atoms with van der Waals surface area (Å²) in [6, 6.07) is 7.67. The standard InChI is InChI=1S/C14H15N5O/c1-8-4-3-5-10-13(8)17-12(16-10)7-15-14(20)11-6-9(2)18-19-11/h3-6H,7H2,1-2H3,(H,15,20)(H,16,17)(H,18,19). The zero-order chi connectivity index (χ0) is 14.1. The molecular weight excluding hydrogens is 254 g/mol. The molecule has 0 aliphatic carbocycles. The van der Waals surface area contributed by atoms with Gasteiger partial charge in [-0.1, -0.05) is 12.1 Å². The van der Waals surface area contributed by atoms with Crippen LogP contribution in [0.15, 0.2) is 24.3 Å². The number of hydrogen-bond acceptors (Lipinski definition) is 3. The number of amides is 1. The van der Waals surface area contributed by atoms with Crippen LogP contribution >= 0.6 is 0 Å². The number of aromatic amines is 2. The number of carbonyl (C=O) groups is 1. The van der Waals surface area contributed by atoms with Crippen LogP contribution in [0.3, 0.4) is 0 Å². The van der Waals surface area contributed by atoms with Crippen LogP contribution in [0.5, 0.6) is 0 Å². The zero-order valence-electron chi connectivity index (χ0n) is 11.3. The highest BCUT2D eigenvalue weighted by Crippen LogP contribution is 2.15. The fourth-order valence-electron chi connectivity index (χ4n) is 2.10. The molecule has 6 heteroatoms. The molecule has 0 aliphatic heterocycles. The van der Waals surface area contributed by atoms with Gasteiger partial charge in [-0.25, -0.2) is 4.98 Å². The topological polar surface area (TPSA) is 86.5 Å². The van der Waals surface area contributed by atoms with Crippen LogP contribution in [0.1, 0.15) is 27.6 Å². The lowest BCUT2D eigenvalue weighted by Crippen LogP contribution is -2.23. The number of imidazole rings is 1. The van der Waals surface area contributed by atoms with E-state index in [0.29, 0.717) is 12.2 Å². The van der Waals surface area contributed by atoms with Gasteiger partial charge in [0.2, 0.25) is 0 Å². The molecule has 0 fully saturated rings. The van der Waals surface area contributed by atoms with Crippen LogP contribution in [0.25, 0.3) is 11.0 Å². The lowest BCUT2D eigenvalue weighted by molar-refractivity contribution is 0.0945. The number of para-hydroxylation sites is 1. The average molecular weight is 269 g/mol. The van der Waals surface area contributed by atoms with E-state index >= 15 is 0 Å². The number of fused-ring (bicyclic) bond motifs is 1. The fraction of sp³-hybridized carbons (Fsp3) is 0.214. The summed E-state index contributed by atoms with van der Waals surface area (Å²) in [5.74, 6) is 0.515. The molecule has 1 amide bonds. The average Bonchev–Trinajstić information content (AvgIpc) is 3.03. The Morgan fingerprint density at radius 3 is 2.90 bits per heavy atom. The summed E-state index contributed by atoms with van der Waals surface area (Å²) in [5.41, 5.74) is 4.26. The maximum absolute atomic E-state index is 11.9. The minimum atomic E-state index is -0.216. The van der Waals surface area contributed by atoms with Crippen molar-refractivity contribution in [2.75, 3.05) is 0 Å². The van der Waals surface area contributed by atoms with Crippen molar-refractivity contribution in [3.63, 3.8) is 0 Å². The molecule has 102 valence electrons. The van der Waals surface area contributed by atoms with Gasteiger partial charge in [0.15, 0.2) is 0 Å². The van der Waals surface area contributed by atoms with Gasteiger partial charge in [0.1, 0.15) is 11.5 Å². The number of carbonyl (C=O) groups excluding carboxylic acids is 1. The molecular formula is C14H15N5O. The Morgan fingerprint density at radius 2 is 2.20 bits per heavy atom. The molecule has 20 heavy (non-hydrogen) atoms. The number of nitrogens with one attached hydrogen (secondary N) is 3. The highest BCUT2D eigenvalue weighted by molar-refractivity contribution is 5.92. The predicted molar refractivity (Wildman–Crippen MR) is 75.3 cm³/mol. The molecule has 2 aromatic heterocycles. The first-order valence-electron chi connectivity index (χ1n) is 6.38. The Hall–Kier alpha value is -2.63. The van der Waals surface area contributed by atoms with Crippen LogP contribution in [-0.2, 0) is 6.54 Å². The smallest absolute Gasteiger partial charge is 0.272 e. The number of rotatable bonds is 3. The minimum Gasteiger partial charge on any atom is -0.343 e. The Kier molecular flexibility index (Phi) is 2.98. The highest BCUT2D eigenvalue weighted by Gasteiger charge is 2.10. The van der Waals surface area contributed by atoms with Gasteiger partial charge in [0, 0.05) is 5.69 Å². The number of aromatic nitrogens is 4. The Balaban J connectivity index is 1.74. The maximum Gasteiger partial charge on any atom is 0.272 e. The van der Waals surface area contributed by atoms with Gasteiger partial charge in [0.25, 0.3) is 5.91 Å². The summed E-state index contributed by atoms with van der Waals surface area (Å²) in [6.07, 6.45) is 0. The normalized spacial score (nSPS) is 10.9. The monoisotopic (exact) mass is 269 g/mol. The molecule has 0 atom stereocenters. The third-order valence-corrected chi connectivity index (χ3v) is 3.12. The van der Waals surface area contributed by atoms with Crippen molar-refractivity contribution in [3.8, 4) is 0 Å². The van der Waals surface area contributed by atoms with Gasteiger partial charge in [-0.2, -0.15) is 5.10 Å². The SMILES string of the molecule is Cc1cc(C(=O)NCc2nc3c(C)cccc3[nH]2)n[nH]1. The number of benzene rings is 1. The lowest BCUT2D eigenvalue weighted by atomic mass is 10.2. The van der Waals surface area contributed by atoms with Gasteiger partial charge in [0.05, 0.1) is 17.6 Å². The van der Waals surface area contributed by atoms with Crippen LogP contribution < -0.4 is 5.32 Å². The summed E-state index contributed by atoms with van der Waals surface area (Å²) in [7, 11) is 0. The van der Waals surface area contributed by atoms with E-state index in [1.165, 1.54) is 0 Å². The molecule has 0 saturated heterocycles. The molecule has 2 heterocycles. The van der Waals surface area contributed by atoms with Crippen LogP contribution in [0.2, 0.25) is 0 Å². The number of aryl methyl sites for hydroxylation is 2. The minimum absolute atomic E-state index is 0.216. The van der Waals surface area contributed by atoms with E-state index in [-0.39, 0.29) is 5.91 Å². The molecule has 3 aromatic rings. The molecule has 3 N–H and O–H groups in total. The van der Waals surface area contributed by atoms with Crippen molar-refractivity contribution < 1.29 is 4.79 Å². The second-order valence-electron chi connectivity index (χ2n) is 4.77. The first-order chi connectivity index (χ1) is 9.63. The van der Waals surface area contributed by atoms with Crippen molar-refractivity contribution >= 4 is 16.9 Å². The molecule has 6 nitrogen and oxygen atoms in total. The van der Waals surface area contributed by atoms with Crippen LogP contribution in [0, 0.1) is 13.8 Å². The van der Waals surface area contributed by atoms with Gasteiger partial charge in [-0.15, -0.1) is 0 Å². The number of hydrogen-bond donors (Lipinski definition) is 3. The second kappa shape index (κ2) is 4.80. The first kappa shape index (κ1) is 12.4. The summed E-state index contributed by atoms with van der Waals surface area (Å²) < 4.78 is 0. The van der Waals surface area contributed by atoms with Crippen LogP contribution in [0.4, 0.5) is 0 Å². The third-order valence-electron chi connectivity index (χ3n) is 3.12. The van der Waals surface area contributed by atoms with Crippen molar-refractivity contribution in [2.45, 2.75) is 20.4 Å². The molecule has 0 unspecified atom stereocenters. The zero-order valence-corrected chi connectivity index (χ0v) is 11.3. The Bertz CT molecular complexity index is 771. The van der Waals surface area contributed by atoms with E-state index in [2.05, 4.69) is 25.5 Å². The van der Waals surface area contributed by atoms with Gasteiger partial charge in [-0.3, -0.25) is 9.89 Å². The van der Waals surface area contributed by atoms with E-state index in [1.807, 2.05) is 32.0 Å². The molecule has 0 saturated carbocycles. The molecule has 0 aliphatic rings. The Labute approximate surface area is 115 Å². The molecule has 0 radical (unpaired) electrons. The number of H-pyrrole nitrogens is 2. The van der Waals surface area contributed by atoms with Gasteiger partial charge >= 0.3 is 0 Å². The molecule has 3 rings (SSSR count). The van der Waals surface area contributed by atoms with Crippen molar-refractivity contribution in [1.82, 2.24) is 25.5 Å². The quantitative estimate of drug-likeness (QED) is 0.678. The maximum atomic E-state index is 11.9. The van der Waals surface area contributed by atoms with Crippen molar-refractivity contribution in [3.05, 3.63) is 47.0 Å². The van der Waals surface area contributed by atoms with E-state index in [4.69, 9.17) is 0 Å². The molecule has 0 bridgehead atoms. The predicted octanol–water partition coefficient (Wildman–Crippen LogP) is 1.83. The second-order valence-corrected chi connectivity index (χ2v) is 4.77. The van der Waals surface area contributed by atoms with E-state index in [1.54, 1.807) is 6.07 Å². The van der Waals surface area contributed by atoms with Gasteiger partial charge < -0.3 is 10.3 Å². The van der Waals surface area contributed by atoms with E-state index in [0.717, 1.165) is 28.1 Å².